The van der Waals surface area contributed by atoms with Crippen molar-refractivity contribution in [1.29, 1.82) is 0 Å². The molecule has 1 heterocycles. The van der Waals surface area contributed by atoms with Crippen molar-refractivity contribution in [2.24, 2.45) is 0 Å². The quantitative estimate of drug-likeness (QED) is 0.451. The minimum atomic E-state index is -1.57. The van der Waals surface area contributed by atoms with Gasteiger partial charge in [0.15, 0.2) is 5.76 Å². The van der Waals surface area contributed by atoms with Crippen molar-refractivity contribution >= 4 is 22.6 Å². The Bertz CT molecular complexity index is 1270. The smallest absolute Gasteiger partial charge is 0.229 e. The van der Waals surface area contributed by atoms with E-state index in [2.05, 4.69) is 0 Å². The van der Waals surface area contributed by atoms with Gasteiger partial charge in [0, 0.05) is 16.5 Å². The van der Waals surface area contributed by atoms with Crippen LogP contribution in [0.2, 0.25) is 0 Å². The highest BCUT2D eigenvalue weighted by atomic mass is 16.7. The fourth-order valence-corrected chi connectivity index (χ4v) is 4.53. The maximum absolute atomic E-state index is 13.4. The summed E-state index contributed by atoms with van der Waals surface area (Å²) in [6, 6.07) is 16.8. The zero-order valence-electron chi connectivity index (χ0n) is 18.3. The Morgan fingerprint density at radius 2 is 1.68 bits per heavy atom. The number of ether oxygens (including phenoxy) is 3. The molecule has 3 aromatic carbocycles. The topological polar surface area (TPSA) is 126 Å². The van der Waals surface area contributed by atoms with Gasteiger partial charge >= 0.3 is 0 Å². The first-order valence-corrected chi connectivity index (χ1v) is 10.9. The van der Waals surface area contributed by atoms with Crippen LogP contribution in [-0.2, 0) is 9.47 Å². The van der Waals surface area contributed by atoms with Gasteiger partial charge in [-0.05, 0) is 28.7 Å². The molecule has 3 aromatic rings. The Morgan fingerprint density at radius 3 is 2.38 bits per heavy atom. The van der Waals surface area contributed by atoms with Crippen LogP contribution in [0.3, 0.4) is 0 Å². The first-order valence-electron chi connectivity index (χ1n) is 10.9. The molecule has 5 rings (SSSR count). The Labute approximate surface area is 195 Å². The van der Waals surface area contributed by atoms with Crippen molar-refractivity contribution in [3.8, 4) is 16.9 Å². The third-order valence-electron chi connectivity index (χ3n) is 6.31. The van der Waals surface area contributed by atoms with Crippen LogP contribution in [0.1, 0.15) is 15.9 Å². The zero-order valence-corrected chi connectivity index (χ0v) is 18.3. The van der Waals surface area contributed by atoms with Gasteiger partial charge in [-0.15, -0.1) is 0 Å². The number of aliphatic hydroxyl groups excluding tert-OH is 4. The minimum Gasteiger partial charge on any atom is -0.493 e. The van der Waals surface area contributed by atoms with Crippen molar-refractivity contribution in [1.82, 2.24) is 0 Å². The lowest BCUT2D eigenvalue weighted by atomic mass is 9.85. The van der Waals surface area contributed by atoms with E-state index in [0.717, 1.165) is 16.5 Å². The number of allylic oxidation sites excluding steroid dienone is 1. The second-order valence-electron chi connectivity index (χ2n) is 8.29. The van der Waals surface area contributed by atoms with Crippen LogP contribution in [0.4, 0.5) is 0 Å². The van der Waals surface area contributed by atoms with Crippen molar-refractivity contribution in [3.63, 3.8) is 0 Å². The molecule has 0 bridgehead atoms. The summed E-state index contributed by atoms with van der Waals surface area (Å²) in [5, 5.41) is 41.6. The van der Waals surface area contributed by atoms with Crippen LogP contribution < -0.4 is 4.74 Å². The fraction of sp³-hybridized carbons (Fsp3) is 0.269. The van der Waals surface area contributed by atoms with Gasteiger partial charge in [-0.25, -0.2) is 0 Å². The predicted molar refractivity (Wildman–Crippen MR) is 123 cm³/mol. The van der Waals surface area contributed by atoms with E-state index in [1.165, 1.54) is 7.11 Å². The monoisotopic (exact) mass is 464 g/mol. The Kier molecular flexibility index (Phi) is 5.85. The fourth-order valence-electron chi connectivity index (χ4n) is 4.53. The molecule has 5 atom stereocenters. The van der Waals surface area contributed by atoms with E-state index in [1.807, 2.05) is 42.5 Å². The molecule has 176 valence electrons. The lowest BCUT2D eigenvalue weighted by Gasteiger charge is -2.39. The highest BCUT2D eigenvalue weighted by Gasteiger charge is 2.45. The summed E-state index contributed by atoms with van der Waals surface area (Å²) in [4.78, 5) is 13.4. The Balaban J connectivity index is 1.66. The maximum Gasteiger partial charge on any atom is 0.229 e. The average Bonchev–Trinajstić information content (AvgIpc) is 2.87. The summed E-state index contributed by atoms with van der Waals surface area (Å²) >= 11 is 0. The molecule has 1 saturated heterocycles. The molecular formula is C26H24O8. The third kappa shape index (κ3) is 3.56. The molecule has 2 aliphatic rings. The average molecular weight is 464 g/mol. The maximum atomic E-state index is 13.4. The second-order valence-corrected chi connectivity index (χ2v) is 8.29. The summed E-state index contributed by atoms with van der Waals surface area (Å²) in [6.45, 7) is -0.567. The van der Waals surface area contributed by atoms with Gasteiger partial charge in [-0.2, -0.15) is 0 Å². The zero-order chi connectivity index (χ0) is 24.0. The summed E-state index contributed by atoms with van der Waals surface area (Å²) in [6.07, 6.45) is -5.51. The van der Waals surface area contributed by atoms with Crippen molar-refractivity contribution in [3.05, 3.63) is 71.5 Å². The van der Waals surface area contributed by atoms with E-state index >= 15 is 0 Å². The lowest BCUT2D eigenvalue weighted by molar-refractivity contribution is -0.277. The SMILES string of the molecule is COC1=Cc2c(O[C@@H]3O[C@H](CO)[C@@H](O)[C@H](O)[C@H]3O)ccc3ccc(-c4ccccc4)c(c23)C1=O. The van der Waals surface area contributed by atoms with Gasteiger partial charge in [0.1, 0.15) is 30.2 Å². The van der Waals surface area contributed by atoms with Crippen LogP contribution in [0.15, 0.2) is 60.4 Å². The molecular weight excluding hydrogens is 440 g/mol. The molecule has 1 aliphatic heterocycles. The molecule has 0 unspecified atom stereocenters. The van der Waals surface area contributed by atoms with Crippen LogP contribution in [-0.4, -0.2) is 70.6 Å². The normalized spacial score (nSPS) is 26.3. The summed E-state index contributed by atoms with van der Waals surface area (Å²) < 4.78 is 16.8. The second kappa shape index (κ2) is 8.83. The summed E-state index contributed by atoms with van der Waals surface area (Å²) in [5.41, 5.74) is 2.64. The van der Waals surface area contributed by atoms with E-state index < -0.39 is 37.3 Å². The van der Waals surface area contributed by atoms with E-state index in [-0.39, 0.29) is 17.3 Å². The largest absolute Gasteiger partial charge is 0.493 e. The Morgan fingerprint density at radius 1 is 0.941 bits per heavy atom. The van der Waals surface area contributed by atoms with Gasteiger partial charge < -0.3 is 34.6 Å². The van der Waals surface area contributed by atoms with Crippen LogP contribution >= 0.6 is 0 Å². The summed E-state index contributed by atoms with van der Waals surface area (Å²) in [7, 11) is 1.41. The van der Waals surface area contributed by atoms with Gasteiger partial charge in [-0.1, -0.05) is 48.5 Å². The predicted octanol–water partition coefficient (Wildman–Crippen LogP) is 1.87. The molecule has 0 aromatic heterocycles. The molecule has 0 spiro atoms. The highest BCUT2D eigenvalue weighted by molar-refractivity contribution is 6.25. The van der Waals surface area contributed by atoms with E-state index in [9.17, 15) is 25.2 Å². The molecule has 8 heteroatoms. The number of hydrogen-bond donors (Lipinski definition) is 4. The highest BCUT2D eigenvalue weighted by Crippen LogP contribution is 2.42. The molecule has 1 fully saturated rings. The minimum absolute atomic E-state index is 0.127. The summed E-state index contributed by atoms with van der Waals surface area (Å²) in [5.74, 6) is 0.150. The van der Waals surface area contributed by atoms with Crippen LogP contribution in [0.5, 0.6) is 5.75 Å². The molecule has 0 radical (unpaired) electrons. The van der Waals surface area contributed by atoms with E-state index in [4.69, 9.17) is 14.2 Å². The van der Waals surface area contributed by atoms with Crippen molar-refractivity contribution in [2.45, 2.75) is 30.7 Å². The van der Waals surface area contributed by atoms with Gasteiger partial charge in [-0.3, -0.25) is 4.79 Å². The molecule has 4 N–H and O–H groups in total. The number of benzene rings is 3. The number of carbonyl (C=O) groups excluding carboxylic acids is 1. The Hall–Kier alpha value is -3.27. The number of rotatable bonds is 5. The number of methoxy groups -OCH3 is 1. The first kappa shape index (κ1) is 22.5. The number of carbonyl (C=O) groups is 1. The third-order valence-corrected chi connectivity index (χ3v) is 6.31. The molecule has 0 amide bonds. The van der Waals surface area contributed by atoms with E-state index in [0.29, 0.717) is 16.5 Å². The van der Waals surface area contributed by atoms with Crippen LogP contribution in [0, 0.1) is 0 Å². The molecule has 8 nitrogen and oxygen atoms in total. The number of hydrogen-bond acceptors (Lipinski definition) is 8. The molecule has 1 aliphatic carbocycles. The number of ketones is 1. The number of aliphatic hydroxyl groups is 4. The van der Waals surface area contributed by atoms with Crippen molar-refractivity contribution in [2.75, 3.05) is 13.7 Å². The van der Waals surface area contributed by atoms with Crippen LogP contribution in [0.25, 0.3) is 28.0 Å². The first-order chi connectivity index (χ1) is 16.4. The lowest BCUT2D eigenvalue weighted by Crippen LogP contribution is -2.60. The molecule has 34 heavy (non-hydrogen) atoms. The van der Waals surface area contributed by atoms with Gasteiger partial charge in [0.05, 0.1) is 13.7 Å². The van der Waals surface area contributed by atoms with Gasteiger partial charge in [0.2, 0.25) is 12.1 Å². The van der Waals surface area contributed by atoms with E-state index in [1.54, 1.807) is 18.2 Å². The van der Waals surface area contributed by atoms with Gasteiger partial charge in [0.25, 0.3) is 0 Å². The van der Waals surface area contributed by atoms with Crippen molar-refractivity contribution < 1.29 is 39.4 Å². The molecule has 0 saturated carbocycles. The number of Topliss-reactive ketones (excluding diaryl/α,β-unsaturated/α-hetero) is 1. The standard InChI is InChI=1S/C26H24O8/c1-32-18-11-16-17(33-26-25(31)24(30)23(29)19(12-27)34-26)10-8-14-7-9-15(13-5-3-2-4-6-13)21(20(14)16)22(18)28/h2-11,19,23-27,29-31H,12H2,1H3/t19-,23-,24+,25-,26-/m1/s1.